The molecular weight excluding hydrogens is 321 g/mol. The third kappa shape index (κ3) is 4.57. The zero-order valence-corrected chi connectivity index (χ0v) is 13.3. The number of hydrogen-bond acceptors (Lipinski definition) is 5. The van der Waals surface area contributed by atoms with E-state index in [1.165, 1.54) is 12.4 Å². The zero-order chi connectivity index (χ0) is 17.5. The average molecular weight is 337 g/mol. The van der Waals surface area contributed by atoms with E-state index < -0.39 is 5.91 Å². The van der Waals surface area contributed by atoms with Crippen molar-refractivity contribution in [2.24, 2.45) is 0 Å². The molecule has 0 radical (unpaired) electrons. The number of benzene rings is 1. The summed E-state index contributed by atoms with van der Waals surface area (Å²) in [6.07, 6.45) is 4.76. The molecule has 0 unspecified atom stereocenters. The second kappa shape index (κ2) is 7.96. The van der Waals surface area contributed by atoms with Gasteiger partial charge >= 0.3 is 0 Å². The van der Waals surface area contributed by atoms with Crippen molar-refractivity contribution in [3.63, 3.8) is 0 Å². The van der Waals surface area contributed by atoms with E-state index in [0.29, 0.717) is 17.9 Å². The van der Waals surface area contributed by atoms with Crippen LogP contribution in [0, 0.1) is 5.82 Å². The molecule has 0 bridgehead atoms. The average Bonchev–Trinajstić information content (AvgIpc) is 2.66. The molecule has 2 aromatic heterocycles. The maximum absolute atomic E-state index is 13.6. The monoisotopic (exact) mass is 337 g/mol. The molecule has 0 aliphatic heterocycles. The highest BCUT2D eigenvalue weighted by atomic mass is 19.1. The summed E-state index contributed by atoms with van der Waals surface area (Å²) in [6, 6.07) is 11.6. The lowest BCUT2D eigenvalue weighted by molar-refractivity contribution is 0.0945. The predicted molar refractivity (Wildman–Crippen MR) is 91.2 cm³/mol. The van der Waals surface area contributed by atoms with Crippen molar-refractivity contribution in [1.82, 2.24) is 20.3 Å². The summed E-state index contributed by atoms with van der Waals surface area (Å²) < 4.78 is 13.6. The lowest BCUT2D eigenvalue weighted by atomic mass is 10.2. The molecule has 2 heterocycles. The normalized spacial score (nSPS) is 10.3. The van der Waals surface area contributed by atoms with Crippen molar-refractivity contribution in [1.29, 1.82) is 0 Å². The largest absolute Gasteiger partial charge is 0.366 e. The molecule has 3 aromatic rings. The number of rotatable bonds is 6. The van der Waals surface area contributed by atoms with Crippen LogP contribution in [0.4, 0.5) is 10.2 Å². The fourth-order valence-corrected chi connectivity index (χ4v) is 2.18. The van der Waals surface area contributed by atoms with E-state index in [1.807, 2.05) is 12.1 Å². The Morgan fingerprint density at radius 1 is 1.08 bits per heavy atom. The molecule has 0 aliphatic rings. The Morgan fingerprint density at radius 3 is 2.76 bits per heavy atom. The first-order chi connectivity index (χ1) is 12.2. The van der Waals surface area contributed by atoms with Crippen molar-refractivity contribution in [2.75, 3.05) is 5.32 Å². The van der Waals surface area contributed by atoms with E-state index in [0.717, 1.165) is 5.56 Å². The van der Waals surface area contributed by atoms with Crippen LogP contribution < -0.4 is 10.6 Å². The number of hydrogen-bond donors (Lipinski definition) is 2. The number of carbonyl (C=O) groups is 1. The number of amides is 1. The number of pyridine rings is 1. The van der Waals surface area contributed by atoms with Gasteiger partial charge in [-0.05, 0) is 17.7 Å². The van der Waals surface area contributed by atoms with Crippen LogP contribution in [0.3, 0.4) is 0 Å². The molecule has 126 valence electrons. The Morgan fingerprint density at radius 2 is 1.96 bits per heavy atom. The fraction of sp³-hybridized carbons (Fsp3) is 0.111. The molecule has 6 nitrogen and oxygen atoms in total. The van der Waals surface area contributed by atoms with Crippen LogP contribution in [0.1, 0.15) is 21.6 Å². The molecular formula is C18H16FN5O. The van der Waals surface area contributed by atoms with Crippen molar-refractivity contribution >= 4 is 11.7 Å². The standard InChI is InChI=1S/C18H16FN5O/c19-15-6-2-1-5-14(15)11-22-18(25)16-8-17(24-12-23-16)21-10-13-4-3-7-20-9-13/h1-9,12H,10-11H2,(H,22,25)(H,21,23,24). The van der Waals surface area contributed by atoms with Crippen molar-refractivity contribution in [2.45, 2.75) is 13.1 Å². The number of nitrogens with one attached hydrogen (secondary N) is 2. The van der Waals surface area contributed by atoms with E-state index in [-0.39, 0.29) is 18.1 Å². The molecule has 1 amide bonds. The zero-order valence-electron chi connectivity index (χ0n) is 13.3. The van der Waals surface area contributed by atoms with Crippen LogP contribution in [-0.2, 0) is 13.1 Å². The third-order valence-electron chi connectivity index (χ3n) is 3.49. The Balaban J connectivity index is 1.60. The highest BCUT2D eigenvalue weighted by Crippen LogP contribution is 2.08. The first-order valence-electron chi connectivity index (χ1n) is 7.69. The van der Waals surface area contributed by atoms with Crippen molar-refractivity contribution in [3.05, 3.63) is 83.8 Å². The molecule has 0 saturated heterocycles. The number of anilines is 1. The van der Waals surface area contributed by atoms with Gasteiger partial charge in [0.25, 0.3) is 5.91 Å². The summed E-state index contributed by atoms with van der Waals surface area (Å²) in [6.45, 7) is 0.620. The van der Waals surface area contributed by atoms with Gasteiger partial charge in [-0.15, -0.1) is 0 Å². The smallest absolute Gasteiger partial charge is 0.270 e. The Labute approximate surface area is 144 Å². The van der Waals surface area contributed by atoms with Gasteiger partial charge in [0.1, 0.15) is 23.7 Å². The van der Waals surface area contributed by atoms with Crippen LogP contribution in [0.2, 0.25) is 0 Å². The minimum absolute atomic E-state index is 0.0912. The number of carbonyl (C=O) groups excluding carboxylic acids is 1. The highest BCUT2D eigenvalue weighted by Gasteiger charge is 2.10. The van der Waals surface area contributed by atoms with Crippen LogP contribution in [0.15, 0.2) is 61.2 Å². The minimum Gasteiger partial charge on any atom is -0.366 e. The second-order valence-corrected chi connectivity index (χ2v) is 5.28. The summed E-state index contributed by atoms with van der Waals surface area (Å²) >= 11 is 0. The van der Waals surface area contributed by atoms with Gasteiger partial charge in [-0.3, -0.25) is 9.78 Å². The summed E-state index contributed by atoms with van der Waals surface area (Å²) in [7, 11) is 0. The molecule has 0 atom stereocenters. The van der Waals surface area contributed by atoms with Crippen LogP contribution in [0.25, 0.3) is 0 Å². The molecule has 1 aromatic carbocycles. The molecule has 25 heavy (non-hydrogen) atoms. The first-order valence-corrected chi connectivity index (χ1v) is 7.69. The van der Waals surface area contributed by atoms with Gasteiger partial charge in [0.15, 0.2) is 0 Å². The van der Waals surface area contributed by atoms with Gasteiger partial charge in [-0.25, -0.2) is 14.4 Å². The maximum atomic E-state index is 13.6. The Hall–Kier alpha value is -3.35. The van der Waals surface area contributed by atoms with E-state index in [1.54, 1.807) is 36.7 Å². The van der Waals surface area contributed by atoms with Gasteiger partial charge in [0.05, 0.1) is 0 Å². The first kappa shape index (κ1) is 16.5. The lowest BCUT2D eigenvalue weighted by Crippen LogP contribution is -2.24. The summed E-state index contributed by atoms with van der Waals surface area (Å²) in [5.41, 5.74) is 1.62. The van der Waals surface area contributed by atoms with Gasteiger partial charge in [-0.1, -0.05) is 24.3 Å². The lowest BCUT2D eigenvalue weighted by Gasteiger charge is -2.08. The van der Waals surface area contributed by atoms with Gasteiger partial charge in [0, 0.05) is 37.1 Å². The van der Waals surface area contributed by atoms with Crippen molar-refractivity contribution < 1.29 is 9.18 Å². The van der Waals surface area contributed by atoms with E-state index in [2.05, 4.69) is 25.6 Å². The SMILES string of the molecule is O=C(NCc1ccccc1F)c1cc(NCc2cccnc2)ncn1. The van der Waals surface area contributed by atoms with E-state index >= 15 is 0 Å². The van der Waals surface area contributed by atoms with Gasteiger partial charge in [0.2, 0.25) is 0 Å². The predicted octanol–water partition coefficient (Wildman–Crippen LogP) is 2.55. The highest BCUT2D eigenvalue weighted by molar-refractivity contribution is 5.92. The molecule has 7 heteroatoms. The minimum atomic E-state index is -0.393. The molecule has 2 N–H and O–H groups in total. The fourth-order valence-electron chi connectivity index (χ4n) is 2.18. The van der Waals surface area contributed by atoms with Crippen LogP contribution >= 0.6 is 0 Å². The number of nitrogens with zero attached hydrogens (tertiary/aromatic N) is 3. The second-order valence-electron chi connectivity index (χ2n) is 5.28. The van der Waals surface area contributed by atoms with E-state index in [9.17, 15) is 9.18 Å². The molecule has 0 fully saturated rings. The third-order valence-corrected chi connectivity index (χ3v) is 3.49. The van der Waals surface area contributed by atoms with Crippen LogP contribution in [0.5, 0.6) is 0 Å². The number of halogens is 1. The molecule has 0 aliphatic carbocycles. The quantitative estimate of drug-likeness (QED) is 0.723. The summed E-state index contributed by atoms with van der Waals surface area (Å²) in [5.74, 6) is -0.228. The van der Waals surface area contributed by atoms with E-state index in [4.69, 9.17) is 0 Å². The van der Waals surface area contributed by atoms with Gasteiger partial charge in [-0.2, -0.15) is 0 Å². The molecule has 3 rings (SSSR count). The van der Waals surface area contributed by atoms with Crippen molar-refractivity contribution in [3.8, 4) is 0 Å². The molecule has 0 spiro atoms. The number of aromatic nitrogens is 3. The topological polar surface area (TPSA) is 79.8 Å². The Kier molecular flexibility index (Phi) is 5.26. The summed E-state index contributed by atoms with van der Waals surface area (Å²) in [5, 5.41) is 5.76. The van der Waals surface area contributed by atoms with Crippen LogP contribution in [-0.4, -0.2) is 20.9 Å². The Bertz CT molecular complexity index is 857. The maximum Gasteiger partial charge on any atom is 0.270 e. The molecule has 0 saturated carbocycles. The summed E-state index contributed by atoms with van der Waals surface area (Å²) in [4.78, 5) is 24.3. The van der Waals surface area contributed by atoms with Gasteiger partial charge < -0.3 is 10.6 Å².